The van der Waals surface area contributed by atoms with Crippen LogP contribution in [0.25, 0.3) is 0 Å². The number of hydrogen-bond acceptors (Lipinski definition) is 2. The van der Waals surface area contributed by atoms with Crippen LogP contribution in [0.15, 0.2) is 0 Å². The van der Waals surface area contributed by atoms with Crippen molar-refractivity contribution in [2.75, 3.05) is 13.1 Å². The quantitative estimate of drug-likeness (QED) is 0.794. The van der Waals surface area contributed by atoms with Gasteiger partial charge in [0.2, 0.25) is 0 Å². The molecule has 17 heavy (non-hydrogen) atoms. The smallest absolute Gasteiger partial charge is 0.0111 e. The second-order valence-electron chi connectivity index (χ2n) is 7.15. The van der Waals surface area contributed by atoms with E-state index in [-0.39, 0.29) is 0 Å². The van der Waals surface area contributed by atoms with Crippen molar-refractivity contribution in [2.24, 2.45) is 29.4 Å². The van der Waals surface area contributed by atoms with Gasteiger partial charge in [-0.3, -0.25) is 4.90 Å². The van der Waals surface area contributed by atoms with Gasteiger partial charge >= 0.3 is 0 Å². The first-order chi connectivity index (χ1) is 8.15. The molecule has 3 fully saturated rings. The van der Waals surface area contributed by atoms with Crippen LogP contribution in [0.4, 0.5) is 0 Å². The maximum atomic E-state index is 6.44. The number of rotatable bonds is 5. The lowest BCUT2D eigenvalue weighted by molar-refractivity contribution is 0.154. The van der Waals surface area contributed by atoms with Crippen LogP contribution in [0.1, 0.15) is 46.0 Å². The lowest BCUT2D eigenvalue weighted by atomic mass is 9.84. The van der Waals surface area contributed by atoms with E-state index in [1.807, 2.05) is 0 Å². The van der Waals surface area contributed by atoms with Crippen LogP contribution in [-0.4, -0.2) is 30.1 Å². The van der Waals surface area contributed by atoms with E-state index in [4.69, 9.17) is 5.73 Å². The minimum absolute atomic E-state index is 0.516. The Bertz CT molecular complexity index is 270. The van der Waals surface area contributed by atoms with Gasteiger partial charge in [0, 0.05) is 25.2 Å². The summed E-state index contributed by atoms with van der Waals surface area (Å²) in [6, 6.07) is 1.42. The fourth-order valence-electron chi connectivity index (χ4n) is 4.28. The third-order valence-electron chi connectivity index (χ3n) is 5.27. The van der Waals surface area contributed by atoms with Crippen LogP contribution in [0.5, 0.6) is 0 Å². The molecular weight excluding hydrogens is 208 g/mol. The summed E-state index contributed by atoms with van der Waals surface area (Å²) < 4.78 is 0. The molecule has 98 valence electrons. The summed E-state index contributed by atoms with van der Waals surface area (Å²) in [7, 11) is 0. The highest BCUT2D eigenvalue weighted by Gasteiger charge is 2.47. The molecule has 4 unspecified atom stereocenters. The second kappa shape index (κ2) is 4.55. The molecule has 0 radical (unpaired) electrons. The number of hydrogen-bond donors (Lipinski definition) is 1. The molecular formula is C15H28N2. The van der Waals surface area contributed by atoms with E-state index in [0.29, 0.717) is 6.04 Å². The monoisotopic (exact) mass is 236 g/mol. The summed E-state index contributed by atoms with van der Waals surface area (Å²) in [5.41, 5.74) is 6.44. The van der Waals surface area contributed by atoms with E-state index in [9.17, 15) is 0 Å². The highest BCUT2D eigenvalue weighted by molar-refractivity contribution is 5.01. The molecule has 3 saturated carbocycles. The van der Waals surface area contributed by atoms with E-state index in [2.05, 4.69) is 18.7 Å². The van der Waals surface area contributed by atoms with Crippen molar-refractivity contribution in [1.82, 2.24) is 4.90 Å². The fraction of sp³-hybridized carbons (Fsp3) is 1.00. The molecule has 0 aromatic carbocycles. The van der Waals surface area contributed by atoms with Crippen LogP contribution in [0.2, 0.25) is 0 Å². The average molecular weight is 236 g/mol. The van der Waals surface area contributed by atoms with Crippen molar-refractivity contribution < 1.29 is 0 Å². The molecule has 2 heteroatoms. The lowest BCUT2D eigenvalue weighted by Gasteiger charge is -2.34. The zero-order valence-corrected chi connectivity index (χ0v) is 11.4. The van der Waals surface area contributed by atoms with Gasteiger partial charge in [0.05, 0.1) is 0 Å². The van der Waals surface area contributed by atoms with Crippen LogP contribution >= 0.6 is 0 Å². The molecule has 4 atom stereocenters. The Morgan fingerprint density at radius 1 is 1.12 bits per heavy atom. The molecule has 3 aliphatic rings. The second-order valence-corrected chi connectivity index (χ2v) is 7.15. The zero-order valence-electron chi connectivity index (χ0n) is 11.4. The lowest BCUT2D eigenvalue weighted by Crippen LogP contribution is -2.44. The predicted molar refractivity (Wildman–Crippen MR) is 71.7 cm³/mol. The van der Waals surface area contributed by atoms with Gasteiger partial charge in [-0.1, -0.05) is 13.8 Å². The van der Waals surface area contributed by atoms with Gasteiger partial charge in [0.1, 0.15) is 0 Å². The molecule has 3 aliphatic carbocycles. The minimum atomic E-state index is 0.516. The first-order valence-electron chi connectivity index (χ1n) is 7.64. The van der Waals surface area contributed by atoms with Crippen LogP contribution in [0.3, 0.4) is 0 Å². The Kier molecular flexibility index (Phi) is 3.20. The van der Waals surface area contributed by atoms with Crippen LogP contribution in [0, 0.1) is 23.7 Å². The highest BCUT2D eigenvalue weighted by Crippen LogP contribution is 2.48. The summed E-state index contributed by atoms with van der Waals surface area (Å²) >= 11 is 0. The van der Waals surface area contributed by atoms with Crippen molar-refractivity contribution in [2.45, 2.75) is 58.0 Å². The molecule has 3 rings (SSSR count). The maximum Gasteiger partial charge on any atom is 0.0111 e. The first kappa shape index (κ1) is 12.0. The van der Waals surface area contributed by atoms with Crippen molar-refractivity contribution >= 4 is 0 Å². The molecule has 0 amide bonds. The largest absolute Gasteiger partial charge is 0.327 e. The van der Waals surface area contributed by atoms with E-state index < -0.39 is 0 Å². The molecule has 0 heterocycles. The number of nitrogens with zero attached hydrogens (tertiary/aromatic N) is 1. The summed E-state index contributed by atoms with van der Waals surface area (Å²) in [6.45, 7) is 7.27. The third kappa shape index (κ3) is 2.39. The van der Waals surface area contributed by atoms with E-state index in [0.717, 1.165) is 29.7 Å². The van der Waals surface area contributed by atoms with Gasteiger partial charge in [0.25, 0.3) is 0 Å². The van der Waals surface area contributed by atoms with E-state index >= 15 is 0 Å². The molecule has 2 nitrogen and oxygen atoms in total. The Hall–Kier alpha value is -0.0800. The summed E-state index contributed by atoms with van der Waals surface area (Å²) in [5, 5.41) is 0. The zero-order chi connectivity index (χ0) is 12.0. The van der Waals surface area contributed by atoms with Gasteiger partial charge in [-0.2, -0.15) is 0 Å². The summed E-state index contributed by atoms with van der Waals surface area (Å²) in [4.78, 5) is 2.76. The maximum absolute atomic E-state index is 6.44. The minimum Gasteiger partial charge on any atom is -0.327 e. The topological polar surface area (TPSA) is 29.3 Å². The summed E-state index contributed by atoms with van der Waals surface area (Å²) in [5.74, 6) is 3.44. The normalized spacial score (nSPS) is 40.8. The Labute approximate surface area is 106 Å². The molecule has 2 N–H and O–H groups in total. The molecule has 0 aliphatic heterocycles. The van der Waals surface area contributed by atoms with Gasteiger partial charge in [-0.25, -0.2) is 0 Å². The fourth-order valence-corrected chi connectivity index (χ4v) is 4.28. The van der Waals surface area contributed by atoms with Crippen molar-refractivity contribution in [3.8, 4) is 0 Å². The molecule has 0 saturated heterocycles. The first-order valence-corrected chi connectivity index (χ1v) is 7.64. The third-order valence-corrected chi connectivity index (χ3v) is 5.27. The van der Waals surface area contributed by atoms with Gasteiger partial charge in [-0.15, -0.1) is 0 Å². The van der Waals surface area contributed by atoms with Crippen molar-refractivity contribution in [1.29, 1.82) is 0 Å². The van der Waals surface area contributed by atoms with Gasteiger partial charge in [0.15, 0.2) is 0 Å². The van der Waals surface area contributed by atoms with Gasteiger partial charge in [-0.05, 0) is 55.8 Å². The standard InChI is InChI=1S/C15H28N2/c1-10(2)8-17(13-5-6-13)9-14-11-3-4-12(7-11)15(14)16/h10-15H,3-9,16H2,1-2H3. The molecule has 2 bridgehead atoms. The van der Waals surface area contributed by atoms with Gasteiger partial charge < -0.3 is 5.73 Å². The average Bonchev–Trinajstić information content (AvgIpc) is 2.94. The number of fused-ring (bicyclic) bond motifs is 2. The van der Waals surface area contributed by atoms with E-state index in [1.54, 1.807) is 0 Å². The Morgan fingerprint density at radius 2 is 1.82 bits per heavy atom. The van der Waals surface area contributed by atoms with Crippen LogP contribution in [-0.2, 0) is 0 Å². The Morgan fingerprint density at radius 3 is 2.35 bits per heavy atom. The van der Waals surface area contributed by atoms with Crippen molar-refractivity contribution in [3.63, 3.8) is 0 Å². The van der Waals surface area contributed by atoms with Crippen molar-refractivity contribution in [3.05, 3.63) is 0 Å². The summed E-state index contributed by atoms with van der Waals surface area (Å²) in [6.07, 6.45) is 7.18. The van der Waals surface area contributed by atoms with E-state index in [1.165, 1.54) is 45.2 Å². The number of nitrogens with two attached hydrogens (primary N) is 1. The van der Waals surface area contributed by atoms with Crippen LogP contribution < -0.4 is 5.73 Å². The molecule has 0 aromatic heterocycles. The molecule has 0 aromatic rings. The molecule has 0 spiro atoms. The highest BCUT2D eigenvalue weighted by atomic mass is 15.2. The Balaban J connectivity index is 1.60. The SMILES string of the molecule is CC(C)CN(CC1C2CCC(C2)C1N)C1CC1. The predicted octanol–water partition coefficient (Wildman–Crippen LogP) is 2.48.